The molecule has 1 unspecified atom stereocenters. The van der Waals surface area contributed by atoms with Gasteiger partial charge in [0.15, 0.2) is 11.9 Å². The summed E-state index contributed by atoms with van der Waals surface area (Å²) in [6, 6.07) is 0. The Morgan fingerprint density at radius 3 is 2.93 bits per heavy atom. The molecule has 1 rings (SSSR count). The van der Waals surface area contributed by atoms with Gasteiger partial charge in [-0.25, -0.2) is 0 Å². The van der Waals surface area contributed by atoms with E-state index in [1.807, 2.05) is 0 Å². The second-order valence-electron chi connectivity index (χ2n) is 3.52. The molecule has 0 radical (unpaired) electrons. The van der Waals surface area contributed by atoms with E-state index >= 15 is 0 Å². The Morgan fingerprint density at radius 2 is 2.40 bits per heavy atom. The third-order valence-electron chi connectivity index (χ3n) is 2.19. The molecule has 84 valence electrons. The van der Waals surface area contributed by atoms with Gasteiger partial charge in [-0.15, -0.1) is 0 Å². The molecule has 0 saturated carbocycles. The minimum absolute atomic E-state index is 0.0506. The Bertz CT molecular complexity index is 286. The standard InChI is InChI=1S/C9H17N5O/c1-6-4-15-5-7(6)2-3-13-9(12)14-8(10)11/h5-6H,2-4H2,1H3,(H6,10,11,12,13,14). The summed E-state index contributed by atoms with van der Waals surface area (Å²) in [5, 5.41) is 19.4. The summed E-state index contributed by atoms with van der Waals surface area (Å²) in [6.07, 6.45) is 2.62. The van der Waals surface area contributed by atoms with Crippen LogP contribution in [0.1, 0.15) is 13.3 Å². The third-order valence-corrected chi connectivity index (χ3v) is 2.19. The first-order valence-electron chi connectivity index (χ1n) is 4.83. The molecule has 0 spiro atoms. The smallest absolute Gasteiger partial charge is 0.195 e. The van der Waals surface area contributed by atoms with Crippen molar-refractivity contribution in [3.63, 3.8) is 0 Å². The lowest BCUT2D eigenvalue weighted by Crippen LogP contribution is -2.43. The Hall–Kier alpha value is -1.72. The lowest BCUT2D eigenvalue weighted by molar-refractivity contribution is 0.255. The topological polar surface area (TPSA) is 107 Å². The molecule has 0 aromatic heterocycles. The van der Waals surface area contributed by atoms with E-state index in [0.717, 1.165) is 13.0 Å². The summed E-state index contributed by atoms with van der Waals surface area (Å²) in [5.74, 6) is 0.278. The lowest BCUT2D eigenvalue weighted by Gasteiger charge is -2.10. The minimum Gasteiger partial charge on any atom is -0.501 e. The van der Waals surface area contributed by atoms with Crippen LogP contribution in [0.5, 0.6) is 0 Å². The van der Waals surface area contributed by atoms with Crippen molar-refractivity contribution in [2.75, 3.05) is 13.2 Å². The maximum absolute atomic E-state index is 7.35. The molecule has 0 amide bonds. The van der Waals surface area contributed by atoms with Gasteiger partial charge in [-0.05, 0) is 12.0 Å². The lowest BCUT2D eigenvalue weighted by atomic mass is 10.0. The fourth-order valence-corrected chi connectivity index (χ4v) is 1.34. The molecular formula is C9H17N5O. The predicted octanol–water partition coefficient (Wildman–Crippen LogP) is -0.0659. The van der Waals surface area contributed by atoms with Crippen molar-refractivity contribution in [2.45, 2.75) is 13.3 Å². The van der Waals surface area contributed by atoms with Crippen LogP contribution in [0.3, 0.4) is 0 Å². The fourth-order valence-electron chi connectivity index (χ4n) is 1.34. The summed E-state index contributed by atoms with van der Waals surface area (Å²) in [4.78, 5) is 0. The maximum Gasteiger partial charge on any atom is 0.195 e. The molecule has 6 N–H and O–H groups in total. The summed E-state index contributed by atoms with van der Waals surface area (Å²) < 4.78 is 5.18. The molecule has 0 aromatic rings. The van der Waals surface area contributed by atoms with E-state index in [2.05, 4.69) is 17.6 Å². The zero-order valence-corrected chi connectivity index (χ0v) is 8.76. The summed E-state index contributed by atoms with van der Waals surface area (Å²) in [6.45, 7) is 3.50. The van der Waals surface area contributed by atoms with E-state index in [9.17, 15) is 0 Å². The molecule has 1 atom stereocenters. The van der Waals surface area contributed by atoms with Crippen molar-refractivity contribution in [1.82, 2.24) is 10.6 Å². The zero-order valence-electron chi connectivity index (χ0n) is 8.76. The van der Waals surface area contributed by atoms with Gasteiger partial charge in [0.05, 0.1) is 12.9 Å². The molecule has 1 aliphatic rings. The van der Waals surface area contributed by atoms with Crippen LogP contribution in [0.25, 0.3) is 0 Å². The second-order valence-corrected chi connectivity index (χ2v) is 3.52. The molecule has 6 heteroatoms. The molecule has 0 aliphatic carbocycles. The average Bonchev–Trinajstić information content (AvgIpc) is 2.50. The molecule has 1 aliphatic heterocycles. The highest BCUT2D eigenvalue weighted by atomic mass is 16.5. The largest absolute Gasteiger partial charge is 0.501 e. The number of hydrogen-bond donors (Lipinski definition) is 5. The van der Waals surface area contributed by atoms with Gasteiger partial charge in [-0.1, -0.05) is 6.92 Å². The van der Waals surface area contributed by atoms with Crippen molar-refractivity contribution in [2.24, 2.45) is 11.7 Å². The summed E-state index contributed by atoms with van der Waals surface area (Å²) in [5.41, 5.74) is 6.32. The number of nitrogens with two attached hydrogens (primary N) is 1. The number of ether oxygens (including phenoxy) is 1. The zero-order chi connectivity index (χ0) is 11.3. The van der Waals surface area contributed by atoms with Gasteiger partial charge in [-0.3, -0.25) is 16.1 Å². The first-order chi connectivity index (χ1) is 7.09. The van der Waals surface area contributed by atoms with E-state index in [-0.39, 0.29) is 11.9 Å². The van der Waals surface area contributed by atoms with Crippen LogP contribution < -0.4 is 16.4 Å². The molecule has 0 aromatic carbocycles. The van der Waals surface area contributed by atoms with Crippen molar-refractivity contribution < 1.29 is 4.74 Å². The second kappa shape index (κ2) is 5.23. The van der Waals surface area contributed by atoms with Gasteiger partial charge in [0.25, 0.3) is 0 Å². The highest BCUT2D eigenvalue weighted by molar-refractivity contribution is 5.94. The van der Waals surface area contributed by atoms with Crippen LogP contribution in [-0.4, -0.2) is 25.1 Å². The van der Waals surface area contributed by atoms with Gasteiger partial charge in [0.2, 0.25) is 0 Å². The Kier molecular flexibility index (Phi) is 3.96. The van der Waals surface area contributed by atoms with Crippen molar-refractivity contribution in [3.05, 3.63) is 11.8 Å². The molecule has 15 heavy (non-hydrogen) atoms. The Balaban J connectivity index is 2.16. The Morgan fingerprint density at radius 1 is 1.67 bits per heavy atom. The fraction of sp³-hybridized carbons (Fsp3) is 0.556. The van der Waals surface area contributed by atoms with Crippen LogP contribution in [0, 0.1) is 16.7 Å². The van der Waals surface area contributed by atoms with Gasteiger partial charge >= 0.3 is 0 Å². The molecule has 6 nitrogen and oxygen atoms in total. The van der Waals surface area contributed by atoms with E-state index in [1.165, 1.54) is 5.57 Å². The SMILES string of the molecule is CC1COC=C1CCNC(=N)NC(=N)N. The monoisotopic (exact) mass is 211 g/mol. The molecular weight excluding hydrogens is 194 g/mol. The highest BCUT2D eigenvalue weighted by Gasteiger charge is 2.14. The number of hydrogen-bond acceptors (Lipinski definition) is 3. The van der Waals surface area contributed by atoms with Crippen LogP contribution in [0.2, 0.25) is 0 Å². The minimum atomic E-state index is -0.232. The van der Waals surface area contributed by atoms with Crippen molar-refractivity contribution in [1.29, 1.82) is 10.8 Å². The first-order valence-corrected chi connectivity index (χ1v) is 4.83. The Labute approximate surface area is 88.9 Å². The number of nitrogens with one attached hydrogen (secondary N) is 4. The van der Waals surface area contributed by atoms with E-state index in [1.54, 1.807) is 6.26 Å². The molecule has 0 saturated heterocycles. The van der Waals surface area contributed by atoms with E-state index in [4.69, 9.17) is 21.3 Å². The van der Waals surface area contributed by atoms with Gasteiger partial charge in [0, 0.05) is 12.5 Å². The van der Waals surface area contributed by atoms with E-state index < -0.39 is 0 Å². The van der Waals surface area contributed by atoms with Crippen LogP contribution >= 0.6 is 0 Å². The summed E-state index contributed by atoms with van der Waals surface area (Å²) >= 11 is 0. The predicted molar refractivity (Wildman–Crippen MR) is 58.6 cm³/mol. The van der Waals surface area contributed by atoms with Crippen LogP contribution in [-0.2, 0) is 4.74 Å². The van der Waals surface area contributed by atoms with E-state index in [0.29, 0.717) is 12.5 Å². The van der Waals surface area contributed by atoms with Gasteiger partial charge in [-0.2, -0.15) is 0 Å². The maximum atomic E-state index is 7.35. The highest BCUT2D eigenvalue weighted by Crippen LogP contribution is 2.20. The molecule has 1 heterocycles. The number of guanidine groups is 2. The van der Waals surface area contributed by atoms with Crippen molar-refractivity contribution >= 4 is 11.9 Å². The van der Waals surface area contributed by atoms with Gasteiger partial charge < -0.3 is 15.8 Å². The normalized spacial score (nSPS) is 19.0. The number of rotatable bonds is 3. The van der Waals surface area contributed by atoms with Crippen LogP contribution in [0.15, 0.2) is 11.8 Å². The molecule has 0 bridgehead atoms. The van der Waals surface area contributed by atoms with Gasteiger partial charge in [0.1, 0.15) is 0 Å². The third kappa shape index (κ3) is 3.88. The average molecular weight is 211 g/mol. The molecule has 0 fully saturated rings. The first kappa shape index (κ1) is 11.4. The van der Waals surface area contributed by atoms with Crippen LogP contribution in [0.4, 0.5) is 0 Å². The summed E-state index contributed by atoms with van der Waals surface area (Å²) in [7, 11) is 0. The van der Waals surface area contributed by atoms with Crippen molar-refractivity contribution in [3.8, 4) is 0 Å². The quantitative estimate of drug-likeness (QED) is 0.333.